The number of nitrogens with one attached hydrogen (secondary N) is 2. The highest BCUT2D eigenvalue weighted by Gasteiger charge is 2.28. The van der Waals surface area contributed by atoms with E-state index in [2.05, 4.69) is 72.4 Å². The summed E-state index contributed by atoms with van der Waals surface area (Å²) in [7, 11) is 5.15. The average Bonchev–Trinajstić information content (AvgIpc) is 3.13. The first-order valence-electron chi connectivity index (χ1n) is 17.7. The average molecular weight is 777 g/mol. The predicted octanol–water partition coefficient (Wildman–Crippen LogP) is 6.89. The standard InChI is InChI=1S/C38H51BrN9O2P/c1-8-26-22-32(34(50-5)24-33(26)48-16-14-28(15-17-48)47-20-18-46(4)19-21-47)43-38-40-25-29(39)37(44-38)42-31-13-12-27(23-35(31)51(6,7)49)30-10-9-11-36(41-30)45(2)3/h9-13,22-25,28H,8,14-21H2,1-7H3,(H2,40,42,43,44). The fourth-order valence-electron chi connectivity index (χ4n) is 6.96. The van der Waals surface area contributed by atoms with Crippen molar-refractivity contribution in [3.05, 3.63) is 64.8 Å². The van der Waals surface area contributed by atoms with E-state index in [4.69, 9.17) is 14.7 Å². The molecular weight excluding hydrogens is 725 g/mol. The maximum Gasteiger partial charge on any atom is 0.229 e. The molecule has 0 amide bonds. The van der Waals surface area contributed by atoms with Crippen LogP contribution >= 0.6 is 23.1 Å². The predicted molar refractivity (Wildman–Crippen MR) is 216 cm³/mol. The topological polar surface area (TPSA) is 102 Å². The summed E-state index contributed by atoms with van der Waals surface area (Å²) in [6, 6.07) is 16.8. The van der Waals surface area contributed by atoms with Crippen LogP contribution in [-0.2, 0) is 11.0 Å². The van der Waals surface area contributed by atoms with Crippen molar-refractivity contribution in [3.63, 3.8) is 0 Å². The van der Waals surface area contributed by atoms with E-state index in [0.29, 0.717) is 28.0 Å². The van der Waals surface area contributed by atoms with E-state index in [0.717, 1.165) is 66.4 Å². The van der Waals surface area contributed by atoms with Crippen LogP contribution in [0, 0.1) is 0 Å². The molecule has 0 aliphatic carbocycles. The van der Waals surface area contributed by atoms with Crippen LogP contribution in [0.15, 0.2) is 59.2 Å². The molecule has 2 N–H and O–H groups in total. The summed E-state index contributed by atoms with van der Waals surface area (Å²) >= 11 is 3.62. The Morgan fingerprint density at radius 3 is 2.37 bits per heavy atom. The molecule has 4 aromatic rings. The number of hydrogen-bond donors (Lipinski definition) is 2. The van der Waals surface area contributed by atoms with Crippen LogP contribution in [0.3, 0.4) is 0 Å². The number of aryl methyl sites for hydroxylation is 1. The zero-order chi connectivity index (χ0) is 36.3. The molecule has 0 atom stereocenters. The lowest BCUT2D eigenvalue weighted by atomic mass is 9.99. The normalized spacial score (nSPS) is 16.3. The quantitative estimate of drug-likeness (QED) is 0.156. The first-order chi connectivity index (χ1) is 24.4. The molecule has 2 aliphatic heterocycles. The Morgan fingerprint density at radius 2 is 1.71 bits per heavy atom. The van der Waals surface area contributed by atoms with E-state index >= 15 is 0 Å². The fourth-order valence-corrected chi connectivity index (χ4v) is 8.41. The fraction of sp³-hybridized carbons (Fsp3) is 0.447. The van der Waals surface area contributed by atoms with E-state index in [1.165, 1.54) is 37.2 Å². The van der Waals surface area contributed by atoms with Crippen LogP contribution in [0.2, 0.25) is 0 Å². The van der Waals surface area contributed by atoms with Crippen molar-refractivity contribution in [2.45, 2.75) is 32.2 Å². The third-order valence-corrected chi connectivity index (χ3v) is 12.1. The van der Waals surface area contributed by atoms with Crippen LogP contribution in [0.1, 0.15) is 25.3 Å². The van der Waals surface area contributed by atoms with E-state index in [1.807, 2.05) is 55.4 Å². The van der Waals surface area contributed by atoms with Gasteiger partial charge in [0.1, 0.15) is 24.5 Å². The van der Waals surface area contributed by atoms with Gasteiger partial charge in [-0.15, -0.1) is 0 Å². The molecule has 4 heterocycles. The minimum Gasteiger partial charge on any atom is -0.494 e. The van der Waals surface area contributed by atoms with Gasteiger partial charge in [0.15, 0.2) is 0 Å². The van der Waals surface area contributed by atoms with Crippen molar-refractivity contribution in [2.24, 2.45) is 0 Å². The van der Waals surface area contributed by atoms with Crippen molar-refractivity contribution in [1.82, 2.24) is 24.8 Å². The summed E-state index contributed by atoms with van der Waals surface area (Å²) < 4.78 is 20.2. The van der Waals surface area contributed by atoms with Gasteiger partial charge in [0.05, 0.1) is 28.7 Å². The van der Waals surface area contributed by atoms with E-state index < -0.39 is 7.14 Å². The van der Waals surface area contributed by atoms with Gasteiger partial charge < -0.3 is 34.6 Å². The molecule has 2 aromatic heterocycles. The van der Waals surface area contributed by atoms with E-state index in [1.54, 1.807) is 26.6 Å². The molecule has 2 saturated heterocycles. The van der Waals surface area contributed by atoms with Gasteiger partial charge in [0, 0.05) is 88.2 Å². The number of ether oxygens (including phenoxy) is 1. The molecular formula is C38H51BrN9O2P. The van der Waals surface area contributed by atoms with E-state index in [9.17, 15) is 4.57 Å². The highest BCUT2D eigenvalue weighted by molar-refractivity contribution is 9.10. The van der Waals surface area contributed by atoms with Gasteiger partial charge in [-0.3, -0.25) is 4.90 Å². The van der Waals surface area contributed by atoms with Crippen LogP contribution in [0.4, 0.5) is 34.6 Å². The summed E-state index contributed by atoms with van der Waals surface area (Å²) in [5.74, 6) is 2.57. The van der Waals surface area contributed by atoms with Crippen LogP contribution in [0.5, 0.6) is 5.75 Å². The maximum atomic E-state index is 13.6. The Labute approximate surface area is 311 Å². The Balaban J connectivity index is 1.21. The summed E-state index contributed by atoms with van der Waals surface area (Å²) in [6.07, 6.45) is 4.95. The number of likely N-dealkylation sites (N-methyl/N-ethyl adjacent to an activating group) is 1. The summed E-state index contributed by atoms with van der Waals surface area (Å²) in [5.41, 5.74) is 5.73. The second kappa shape index (κ2) is 15.9. The van der Waals surface area contributed by atoms with Crippen LogP contribution in [-0.4, -0.2) is 112 Å². The zero-order valence-corrected chi connectivity index (χ0v) is 33.4. The SMILES string of the molecule is CCc1cc(Nc2ncc(Br)c(Nc3ccc(-c4cccc(N(C)C)n4)cc3P(C)(C)=O)n2)c(OC)cc1N1CCC(N2CCN(C)CC2)CC1. The smallest absolute Gasteiger partial charge is 0.229 e. The highest BCUT2D eigenvalue weighted by Crippen LogP contribution is 2.41. The monoisotopic (exact) mass is 775 g/mol. The Kier molecular flexibility index (Phi) is 11.6. The molecule has 6 rings (SSSR count). The highest BCUT2D eigenvalue weighted by atomic mass is 79.9. The lowest BCUT2D eigenvalue weighted by Gasteiger charge is -2.43. The van der Waals surface area contributed by atoms with Gasteiger partial charge >= 0.3 is 0 Å². The molecule has 2 aromatic carbocycles. The minimum absolute atomic E-state index is 0.417. The third kappa shape index (κ3) is 8.68. The zero-order valence-electron chi connectivity index (χ0n) is 30.9. The summed E-state index contributed by atoms with van der Waals surface area (Å²) in [6.45, 7) is 12.5. The number of methoxy groups -OCH3 is 1. The van der Waals surface area contributed by atoms with Gasteiger partial charge in [0.25, 0.3) is 0 Å². The number of piperazine rings is 1. The van der Waals surface area contributed by atoms with Crippen molar-refractivity contribution in [1.29, 1.82) is 0 Å². The number of piperidine rings is 1. The molecule has 13 heteroatoms. The number of halogens is 1. The van der Waals surface area contributed by atoms with Crippen molar-refractivity contribution >= 4 is 63.0 Å². The molecule has 0 spiro atoms. The molecule has 0 unspecified atom stereocenters. The number of nitrogens with zero attached hydrogens (tertiary/aromatic N) is 7. The maximum absolute atomic E-state index is 13.6. The number of pyridine rings is 1. The lowest BCUT2D eigenvalue weighted by Crippen LogP contribution is -2.52. The van der Waals surface area contributed by atoms with Crippen LogP contribution < -0.4 is 30.5 Å². The molecule has 0 bridgehead atoms. The second-order valence-electron chi connectivity index (χ2n) is 14.1. The van der Waals surface area contributed by atoms with Gasteiger partial charge in [0.2, 0.25) is 5.95 Å². The Bertz CT molecular complexity index is 1890. The number of hydrogen-bond acceptors (Lipinski definition) is 11. The first-order valence-corrected chi connectivity index (χ1v) is 21.1. The summed E-state index contributed by atoms with van der Waals surface area (Å²) in [5, 5.41) is 7.57. The molecule has 2 aliphatic rings. The van der Waals surface area contributed by atoms with Crippen molar-refractivity contribution < 1.29 is 9.30 Å². The third-order valence-electron chi connectivity index (χ3n) is 9.95. The van der Waals surface area contributed by atoms with Gasteiger partial charge in [-0.25, -0.2) is 9.97 Å². The largest absolute Gasteiger partial charge is 0.494 e. The molecule has 0 saturated carbocycles. The number of rotatable bonds is 11. The van der Waals surface area contributed by atoms with Crippen LogP contribution in [0.25, 0.3) is 11.3 Å². The van der Waals surface area contributed by atoms with Crippen molar-refractivity contribution in [3.8, 4) is 17.0 Å². The summed E-state index contributed by atoms with van der Waals surface area (Å²) in [4.78, 5) is 23.8. The molecule has 11 nitrogen and oxygen atoms in total. The Morgan fingerprint density at radius 1 is 0.961 bits per heavy atom. The molecule has 272 valence electrons. The van der Waals surface area contributed by atoms with Gasteiger partial charge in [-0.2, -0.15) is 4.98 Å². The molecule has 2 fully saturated rings. The Hall–Kier alpha value is -3.70. The van der Waals surface area contributed by atoms with Gasteiger partial charge in [-0.05, 0) is 91.5 Å². The first kappa shape index (κ1) is 37.1. The molecule has 51 heavy (non-hydrogen) atoms. The van der Waals surface area contributed by atoms with E-state index in [-0.39, 0.29) is 0 Å². The van der Waals surface area contributed by atoms with Crippen molar-refractivity contribution in [2.75, 3.05) is 101 Å². The minimum atomic E-state index is -2.70. The number of benzene rings is 2. The second-order valence-corrected chi connectivity index (χ2v) is 18.1. The molecule has 0 radical (unpaired) electrons. The number of anilines is 6. The number of aromatic nitrogens is 3. The van der Waals surface area contributed by atoms with Gasteiger partial charge in [-0.1, -0.05) is 19.1 Å². The lowest BCUT2D eigenvalue weighted by molar-refractivity contribution is 0.0982.